The fourth-order valence-corrected chi connectivity index (χ4v) is 3.56. The van der Waals surface area contributed by atoms with E-state index < -0.39 is 10.0 Å². The van der Waals surface area contributed by atoms with Crippen molar-refractivity contribution in [2.45, 2.75) is 31.2 Å². The maximum absolute atomic E-state index is 12.0. The molecule has 104 valence electrons. The molecule has 0 bridgehead atoms. The number of aryl methyl sites for hydroxylation is 1. The van der Waals surface area contributed by atoms with Crippen LogP contribution in [0.2, 0.25) is 0 Å². The lowest BCUT2D eigenvalue weighted by molar-refractivity contribution is 0.571. The van der Waals surface area contributed by atoms with E-state index in [4.69, 9.17) is 5.73 Å². The number of hydrogen-bond acceptors (Lipinski definition) is 3. The summed E-state index contributed by atoms with van der Waals surface area (Å²) < 4.78 is 27.0. The van der Waals surface area contributed by atoms with Crippen LogP contribution in [0.4, 0.5) is 0 Å². The summed E-state index contributed by atoms with van der Waals surface area (Å²) in [4.78, 5) is 0.257. The third-order valence-electron chi connectivity index (χ3n) is 2.27. The summed E-state index contributed by atoms with van der Waals surface area (Å²) in [7, 11) is -3.46. The number of nitrogens with one attached hydrogen (secondary N) is 1. The molecule has 1 atom stereocenters. The molecule has 0 fully saturated rings. The predicted octanol–water partition coefficient (Wildman–Crippen LogP) is 2.19. The lowest BCUT2D eigenvalue weighted by atomic mass is 10.2. The molecular weight excluding hydrogens is 340 g/mol. The molecular formula is C11H18BrClN2O2S. The molecule has 0 heterocycles. The first-order valence-electron chi connectivity index (χ1n) is 5.34. The monoisotopic (exact) mass is 356 g/mol. The van der Waals surface area contributed by atoms with Gasteiger partial charge in [-0.05, 0) is 53.9 Å². The van der Waals surface area contributed by atoms with Gasteiger partial charge in [0.05, 0.1) is 4.90 Å². The maximum Gasteiger partial charge on any atom is 0.241 e. The van der Waals surface area contributed by atoms with Gasteiger partial charge in [-0.3, -0.25) is 0 Å². The van der Waals surface area contributed by atoms with Crippen molar-refractivity contribution in [3.8, 4) is 0 Å². The number of hydrogen-bond donors (Lipinski definition) is 2. The molecule has 1 aromatic carbocycles. The molecule has 1 unspecified atom stereocenters. The molecule has 0 amide bonds. The van der Waals surface area contributed by atoms with E-state index in [1.165, 1.54) is 0 Å². The van der Waals surface area contributed by atoms with Crippen molar-refractivity contribution in [3.63, 3.8) is 0 Å². The molecule has 1 rings (SSSR count). The molecule has 0 spiro atoms. The Balaban J connectivity index is 0.00000289. The number of benzene rings is 1. The van der Waals surface area contributed by atoms with Gasteiger partial charge in [0, 0.05) is 17.1 Å². The Bertz CT molecular complexity index is 492. The summed E-state index contributed by atoms with van der Waals surface area (Å²) in [6.07, 6.45) is 0.614. The van der Waals surface area contributed by atoms with E-state index in [9.17, 15) is 8.42 Å². The van der Waals surface area contributed by atoms with E-state index in [1.54, 1.807) is 18.2 Å². The van der Waals surface area contributed by atoms with E-state index in [0.717, 1.165) is 5.56 Å². The summed E-state index contributed by atoms with van der Waals surface area (Å²) in [6, 6.07) is 5.12. The second kappa shape index (κ2) is 7.45. The van der Waals surface area contributed by atoms with Crippen LogP contribution >= 0.6 is 28.3 Å². The molecule has 0 saturated carbocycles. The van der Waals surface area contributed by atoms with Crippen LogP contribution in [0.15, 0.2) is 27.6 Å². The van der Waals surface area contributed by atoms with Gasteiger partial charge in [-0.15, -0.1) is 12.4 Å². The second-order valence-electron chi connectivity index (χ2n) is 4.10. The van der Waals surface area contributed by atoms with Crippen molar-refractivity contribution < 1.29 is 8.42 Å². The van der Waals surface area contributed by atoms with Crippen LogP contribution in [0.3, 0.4) is 0 Å². The summed E-state index contributed by atoms with van der Waals surface area (Å²) in [5.74, 6) is 0. The van der Waals surface area contributed by atoms with Crippen LogP contribution in [0.25, 0.3) is 0 Å². The van der Waals surface area contributed by atoms with E-state index in [1.807, 2.05) is 13.8 Å². The van der Waals surface area contributed by atoms with E-state index in [2.05, 4.69) is 20.7 Å². The third kappa shape index (κ3) is 5.24. The van der Waals surface area contributed by atoms with Gasteiger partial charge in [0.1, 0.15) is 0 Å². The topological polar surface area (TPSA) is 72.2 Å². The molecule has 0 saturated heterocycles. The second-order valence-corrected chi connectivity index (χ2v) is 6.69. The Labute approximate surface area is 123 Å². The molecule has 4 nitrogen and oxygen atoms in total. The number of rotatable bonds is 5. The molecule has 0 radical (unpaired) electrons. The van der Waals surface area contributed by atoms with Gasteiger partial charge in [-0.2, -0.15) is 0 Å². The fourth-order valence-electron chi connectivity index (χ4n) is 1.32. The van der Waals surface area contributed by atoms with Gasteiger partial charge in [0.2, 0.25) is 10.0 Å². The summed E-state index contributed by atoms with van der Waals surface area (Å²) in [5.41, 5.74) is 6.57. The molecule has 0 aliphatic heterocycles. The lowest BCUT2D eigenvalue weighted by Crippen LogP contribution is -2.29. The van der Waals surface area contributed by atoms with Crippen LogP contribution in [0, 0.1) is 6.92 Å². The molecule has 3 N–H and O–H groups in total. The van der Waals surface area contributed by atoms with Gasteiger partial charge in [-0.25, -0.2) is 13.1 Å². The van der Waals surface area contributed by atoms with Crippen molar-refractivity contribution in [3.05, 3.63) is 28.2 Å². The predicted molar refractivity (Wildman–Crippen MR) is 79.6 cm³/mol. The fraction of sp³-hybridized carbons (Fsp3) is 0.455. The zero-order valence-corrected chi connectivity index (χ0v) is 13.5. The van der Waals surface area contributed by atoms with Crippen molar-refractivity contribution in [2.75, 3.05) is 6.54 Å². The zero-order valence-electron chi connectivity index (χ0n) is 10.3. The summed E-state index contributed by atoms with van der Waals surface area (Å²) in [6.45, 7) is 4.10. The van der Waals surface area contributed by atoms with E-state index in [0.29, 0.717) is 17.4 Å². The molecule has 0 aromatic heterocycles. The summed E-state index contributed by atoms with van der Waals surface area (Å²) >= 11 is 3.26. The van der Waals surface area contributed by atoms with Gasteiger partial charge in [0.25, 0.3) is 0 Å². The van der Waals surface area contributed by atoms with Gasteiger partial charge in [-0.1, -0.05) is 6.07 Å². The number of halogens is 2. The van der Waals surface area contributed by atoms with Crippen molar-refractivity contribution in [1.82, 2.24) is 4.72 Å². The average molecular weight is 358 g/mol. The Hall–Kier alpha value is -0.140. The Morgan fingerprint density at radius 2 is 2.06 bits per heavy atom. The largest absolute Gasteiger partial charge is 0.328 e. The molecule has 18 heavy (non-hydrogen) atoms. The first-order valence-corrected chi connectivity index (χ1v) is 7.62. The first kappa shape index (κ1) is 17.9. The quantitative estimate of drug-likeness (QED) is 0.848. The van der Waals surface area contributed by atoms with Gasteiger partial charge >= 0.3 is 0 Å². The number of nitrogens with two attached hydrogens (primary N) is 1. The van der Waals surface area contributed by atoms with E-state index >= 15 is 0 Å². The van der Waals surface area contributed by atoms with Crippen LogP contribution in [-0.4, -0.2) is 21.0 Å². The third-order valence-corrected chi connectivity index (χ3v) is 4.71. The van der Waals surface area contributed by atoms with Crippen molar-refractivity contribution in [1.29, 1.82) is 0 Å². The average Bonchev–Trinajstić information content (AvgIpc) is 2.15. The summed E-state index contributed by atoms with van der Waals surface area (Å²) in [5, 5.41) is 0. The minimum Gasteiger partial charge on any atom is -0.328 e. The van der Waals surface area contributed by atoms with Gasteiger partial charge in [0.15, 0.2) is 0 Å². The highest BCUT2D eigenvalue weighted by molar-refractivity contribution is 9.10. The highest BCUT2D eigenvalue weighted by Gasteiger charge is 2.16. The smallest absolute Gasteiger partial charge is 0.241 e. The lowest BCUT2D eigenvalue weighted by Gasteiger charge is -2.10. The minimum absolute atomic E-state index is 0. The zero-order chi connectivity index (χ0) is 13.1. The Morgan fingerprint density at radius 1 is 1.44 bits per heavy atom. The Kier molecular flexibility index (Phi) is 7.39. The highest BCUT2D eigenvalue weighted by atomic mass is 79.9. The van der Waals surface area contributed by atoms with Crippen LogP contribution in [0.1, 0.15) is 18.9 Å². The van der Waals surface area contributed by atoms with E-state index in [-0.39, 0.29) is 23.3 Å². The maximum atomic E-state index is 12.0. The molecule has 0 aliphatic carbocycles. The van der Waals surface area contributed by atoms with Crippen molar-refractivity contribution >= 4 is 38.4 Å². The highest BCUT2D eigenvalue weighted by Crippen LogP contribution is 2.22. The molecule has 7 heteroatoms. The molecule has 1 aromatic rings. The number of sulfonamides is 1. The van der Waals surface area contributed by atoms with Crippen molar-refractivity contribution in [2.24, 2.45) is 5.73 Å². The minimum atomic E-state index is -3.46. The normalized spacial score (nSPS) is 12.9. The Morgan fingerprint density at radius 3 is 2.56 bits per heavy atom. The standard InChI is InChI=1S/C11H17BrN2O2S.ClH/c1-8-3-4-11(10(12)7-8)17(15,16)14-6-5-9(2)13;/h3-4,7,9,14H,5-6,13H2,1-2H3;1H. The van der Waals surface area contributed by atoms with Crippen LogP contribution in [-0.2, 0) is 10.0 Å². The van der Waals surface area contributed by atoms with Crippen LogP contribution in [0.5, 0.6) is 0 Å². The first-order chi connectivity index (χ1) is 7.83. The van der Waals surface area contributed by atoms with Gasteiger partial charge < -0.3 is 5.73 Å². The SMILES string of the molecule is Cc1ccc(S(=O)(=O)NCCC(C)N)c(Br)c1.Cl. The molecule has 0 aliphatic rings. The van der Waals surface area contributed by atoms with Crippen LogP contribution < -0.4 is 10.5 Å².